The quantitative estimate of drug-likeness (QED) is 0.850. The van der Waals surface area contributed by atoms with E-state index in [2.05, 4.69) is 17.9 Å². The molecule has 1 aromatic rings. The molecule has 3 heteroatoms. The van der Waals surface area contributed by atoms with Crippen molar-refractivity contribution in [1.82, 2.24) is 4.90 Å². The summed E-state index contributed by atoms with van der Waals surface area (Å²) in [4.78, 5) is 2.53. The molecule has 16 heavy (non-hydrogen) atoms. The van der Waals surface area contributed by atoms with Crippen molar-refractivity contribution in [2.45, 2.75) is 32.2 Å². The molecule has 1 saturated heterocycles. The van der Waals surface area contributed by atoms with Gasteiger partial charge in [-0.15, -0.1) is 0 Å². The predicted molar refractivity (Wildman–Crippen MR) is 65.1 cm³/mol. The summed E-state index contributed by atoms with van der Waals surface area (Å²) in [5, 5.41) is 0. The lowest BCUT2D eigenvalue weighted by Gasteiger charge is -2.39. The van der Waals surface area contributed by atoms with Crippen LogP contribution >= 0.6 is 0 Å². The monoisotopic (exact) mass is 222 g/mol. The van der Waals surface area contributed by atoms with Crippen LogP contribution in [-0.2, 0) is 0 Å². The Morgan fingerprint density at radius 3 is 3.06 bits per heavy atom. The van der Waals surface area contributed by atoms with Gasteiger partial charge in [-0.2, -0.15) is 0 Å². The zero-order chi connectivity index (χ0) is 11.4. The predicted octanol–water partition coefficient (Wildman–Crippen LogP) is 2.40. The molecule has 0 aliphatic carbocycles. The Morgan fingerprint density at radius 2 is 2.44 bits per heavy atom. The molecule has 1 aliphatic rings. The maximum atomic E-state index is 5.89. The third-order valence-electron chi connectivity index (χ3n) is 3.51. The number of rotatable bonds is 4. The average Bonchev–Trinajstić information content (AvgIpc) is 2.82. The van der Waals surface area contributed by atoms with Gasteiger partial charge in [0.05, 0.1) is 12.3 Å². The summed E-state index contributed by atoms with van der Waals surface area (Å²) in [5.41, 5.74) is 5.89. The lowest BCUT2D eigenvalue weighted by atomic mass is 9.87. The fourth-order valence-electron chi connectivity index (χ4n) is 2.81. The van der Waals surface area contributed by atoms with Crippen LogP contribution in [0, 0.1) is 5.92 Å². The molecule has 2 atom stereocenters. The molecule has 0 amide bonds. The zero-order valence-corrected chi connectivity index (χ0v) is 10.1. The maximum absolute atomic E-state index is 5.89. The average molecular weight is 222 g/mol. The summed E-state index contributed by atoms with van der Waals surface area (Å²) in [5.74, 6) is 1.63. The van der Waals surface area contributed by atoms with E-state index in [0.29, 0.717) is 12.0 Å². The van der Waals surface area contributed by atoms with Crippen molar-refractivity contribution in [3.63, 3.8) is 0 Å². The maximum Gasteiger partial charge on any atom is 0.121 e. The lowest BCUT2D eigenvalue weighted by Crippen LogP contribution is -2.41. The summed E-state index contributed by atoms with van der Waals surface area (Å²) >= 11 is 0. The molecule has 0 saturated carbocycles. The Balaban J connectivity index is 2.17. The van der Waals surface area contributed by atoms with Gasteiger partial charge in [0.15, 0.2) is 0 Å². The highest BCUT2D eigenvalue weighted by Gasteiger charge is 2.32. The minimum Gasteiger partial charge on any atom is -0.468 e. The highest BCUT2D eigenvalue weighted by Crippen LogP contribution is 2.35. The van der Waals surface area contributed by atoms with Gasteiger partial charge in [0.1, 0.15) is 5.76 Å². The van der Waals surface area contributed by atoms with Gasteiger partial charge in [0.2, 0.25) is 0 Å². The van der Waals surface area contributed by atoms with E-state index >= 15 is 0 Å². The molecule has 3 nitrogen and oxygen atoms in total. The van der Waals surface area contributed by atoms with Gasteiger partial charge >= 0.3 is 0 Å². The third kappa shape index (κ3) is 2.30. The number of nitrogens with two attached hydrogens (primary N) is 1. The first-order valence-electron chi connectivity index (χ1n) is 6.34. The molecule has 0 spiro atoms. The van der Waals surface area contributed by atoms with E-state index in [0.717, 1.165) is 18.8 Å². The van der Waals surface area contributed by atoms with E-state index in [9.17, 15) is 0 Å². The minimum absolute atomic E-state index is 0.397. The van der Waals surface area contributed by atoms with Crippen molar-refractivity contribution in [1.29, 1.82) is 0 Å². The topological polar surface area (TPSA) is 42.4 Å². The van der Waals surface area contributed by atoms with Crippen molar-refractivity contribution in [3.8, 4) is 0 Å². The molecule has 2 N–H and O–H groups in total. The van der Waals surface area contributed by atoms with Gasteiger partial charge in [0, 0.05) is 0 Å². The van der Waals surface area contributed by atoms with E-state index in [4.69, 9.17) is 10.2 Å². The second kappa shape index (κ2) is 5.51. The number of furan rings is 1. The van der Waals surface area contributed by atoms with E-state index in [1.807, 2.05) is 6.07 Å². The van der Waals surface area contributed by atoms with Crippen LogP contribution in [0.15, 0.2) is 22.8 Å². The number of likely N-dealkylation sites (tertiary alicyclic amines) is 1. The SMILES string of the molecule is CCCN1CCCC(CN)C1c1ccco1. The van der Waals surface area contributed by atoms with Crippen LogP contribution in [0.3, 0.4) is 0 Å². The normalized spacial score (nSPS) is 27.1. The Hall–Kier alpha value is -0.800. The Morgan fingerprint density at radius 1 is 1.56 bits per heavy atom. The second-order valence-electron chi connectivity index (χ2n) is 4.63. The summed E-state index contributed by atoms with van der Waals surface area (Å²) in [6.07, 6.45) is 5.44. The number of hydrogen-bond donors (Lipinski definition) is 1. The van der Waals surface area contributed by atoms with Gasteiger partial charge in [-0.3, -0.25) is 4.90 Å². The first kappa shape index (κ1) is 11.7. The molecule has 1 aromatic heterocycles. The largest absolute Gasteiger partial charge is 0.468 e. The van der Waals surface area contributed by atoms with Crippen LogP contribution in [0.1, 0.15) is 38.0 Å². The molecule has 0 radical (unpaired) electrons. The zero-order valence-electron chi connectivity index (χ0n) is 10.1. The molecule has 1 fully saturated rings. The van der Waals surface area contributed by atoms with Gasteiger partial charge < -0.3 is 10.2 Å². The smallest absolute Gasteiger partial charge is 0.121 e. The first-order valence-corrected chi connectivity index (χ1v) is 6.34. The van der Waals surface area contributed by atoms with Gasteiger partial charge in [-0.25, -0.2) is 0 Å². The van der Waals surface area contributed by atoms with Crippen molar-refractivity contribution in [3.05, 3.63) is 24.2 Å². The number of nitrogens with zero attached hydrogens (tertiary/aromatic N) is 1. The third-order valence-corrected chi connectivity index (χ3v) is 3.51. The van der Waals surface area contributed by atoms with Crippen LogP contribution in [0.25, 0.3) is 0 Å². The molecule has 2 heterocycles. The molecular weight excluding hydrogens is 200 g/mol. The summed E-state index contributed by atoms with van der Waals surface area (Å²) in [6, 6.07) is 4.46. The molecule has 0 aromatic carbocycles. The molecule has 1 aliphatic heterocycles. The van der Waals surface area contributed by atoms with Crippen LogP contribution in [0.4, 0.5) is 0 Å². The molecule has 2 unspecified atom stereocenters. The number of hydrogen-bond acceptors (Lipinski definition) is 3. The fourth-order valence-corrected chi connectivity index (χ4v) is 2.81. The minimum atomic E-state index is 0.397. The van der Waals surface area contributed by atoms with Gasteiger partial charge in [-0.1, -0.05) is 6.92 Å². The lowest BCUT2D eigenvalue weighted by molar-refractivity contribution is 0.0797. The highest BCUT2D eigenvalue weighted by atomic mass is 16.3. The molecule has 2 rings (SSSR count). The van der Waals surface area contributed by atoms with E-state index in [1.165, 1.54) is 25.8 Å². The van der Waals surface area contributed by atoms with Crippen LogP contribution in [0.5, 0.6) is 0 Å². The Labute approximate surface area is 97.6 Å². The summed E-state index contributed by atoms with van der Waals surface area (Å²) in [6.45, 7) is 5.30. The van der Waals surface area contributed by atoms with E-state index < -0.39 is 0 Å². The van der Waals surface area contributed by atoms with Crippen LogP contribution in [-0.4, -0.2) is 24.5 Å². The molecule has 0 bridgehead atoms. The van der Waals surface area contributed by atoms with Crippen molar-refractivity contribution in [2.75, 3.05) is 19.6 Å². The highest BCUT2D eigenvalue weighted by molar-refractivity contribution is 5.08. The molecule has 90 valence electrons. The van der Waals surface area contributed by atoms with Crippen molar-refractivity contribution >= 4 is 0 Å². The van der Waals surface area contributed by atoms with Crippen LogP contribution < -0.4 is 5.73 Å². The van der Waals surface area contributed by atoms with Gasteiger partial charge in [0.25, 0.3) is 0 Å². The van der Waals surface area contributed by atoms with Crippen molar-refractivity contribution < 1.29 is 4.42 Å². The first-order chi connectivity index (χ1) is 7.86. The van der Waals surface area contributed by atoms with Crippen LogP contribution in [0.2, 0.25) is 0 Å². The molecular formula is C13H22N2O. The van der Waals surface area contributed by atoms with Gasteiger partial charge in [-0.05, 0) is 56.9 Å². The standard InChI is InChI=1S/C13H22N2O/c1-2-7-15-8-3-5-11(10-14)13(15)12-6-4-9-16-12/h4,6,9,11,13H,2-3,5,7-8,10,14H2,1H3. The van der Waals surface area contributed by atoms with Crippen molar-refractivity contribution in [2.24, 2.45) is 11.7 Å². The Bertz CT molecular complexity index is 295. The summed E-state index contributed by atoms with van der Waals surface area (Å²) in [7, 11) is 0. The van der Waals surface area contributed by atoms with E-state index in [-0.39, 0.29) is 0 Å². The fraction of sp³-hybridized carbons (Fsp3) is 0.692. The van der Waals surface area contributed by atoms with E-state index in [1.54, 1.807) is 6.26 Å². The second-order valence-corrected chi connectivity index (χ2v) is 4.63. The summed E-state index contributed by atoms with van der Waals surface area (Å²) < 4.78 is 5.58. The Kier molecular flexibility index (Phi) is 4.02. The number of piperidine rings is 1.